The van der Waals surface area contributed by atoms with Crippen LogP contribution >= 0.6 is 12.4 Å². The van der Waals surface area contributed by atoms with Crippen LogP contribution in [0.25, 0.3) is 0 Å². The van der Waals surface area contributed by atoms with Crippen LogP contribution in [-0.2, 0) is 10.8 Å². The van der Waals surface area contributed by atoms with Crippen LogP contribution in [0.15, 0.2) is 12.1 Å². The van der Waals surface area contributed by atoms with Crippen molar-refractivity contribution < 1.29 is 5.11 Å². The van der Waals surface area contributed by atoms with Crippen molar-refractivity contribution in [3.05, 3.63) is 28.8 Å². The molecule has 1 rings (SSSR count). The molecule has 1 atom stereocenters. The van der Waals surface area contributed by atoms with Crippen molar-refractivity contribution in [3.8, 4) is 5.75 Å². The number of phenols is 1. The molecule has 23 heavy (non-hydrogen) atoms. The van der Waals surface area contributed by atoms with Crippen molar-refractivity contribution in [1.29, 1.82) is 0 Å². The average molecular weight is 343 g/mol. The van der Waals surface area contributed by atoms with E-state index in [1.165, 1.54) is 0 Å². The van der Waals surface area contributed by atoms with Gasteiger partial charge in [-0.2, -0.15) is 0 Å². The lowest BCUT2D eigenvalue weighted by Gasteiger charge is -2.29. The summed E-state index contributed by atoms with van der Waals surface area (Å²) in [7, 11) is 0. The van der Waals surface area contributed by atoms with Gasteiger partial charge in [-0.05, 0) is 46.9 Å². The molecule has 0 saturated heterocycles. The van der Waals surface area contributed by atoms with Crippen molar-refractivity contribution in [2.75, 3.05) is 6.54 Å². The normalized spacial score (nSPS) is 13.6. The van der Waals surface area contributed by atoms with E-state index in [0.29, 0.717) is 12.3 Å². The Morgan fingerprint density at radius 1 is 0.957 bits per heavy atom. The lowest BCUT2D eigenvalue weighted by Crippen LogP contribution is -2.20. The Balaban J connectivity index is 0.00000484. The lowest BCUT2D eigenvalue weighted by molar-refractivity contribution is 0.421. The number of unbranched alkanes of at least 4 members (excludes halogenated alkanes) is 1. The number of rotatable bonds is 5. The van der Waals surface area contributed by atoms with E-state index in [9.17, 15) is 5.11 Å². The Labute approximate surface area is 148 Å². The second-order valence-corrected chi connectivity index (χ2v) is 8.36. The van der Waals surface area contributed by atoms with Gasteiger partial charge in [0.15, 0.2) is 0 Å². The molecule has 1 aromatic rings. The molecule has 0 aliphatic rings. The average Bonchev–Trinajstić information content (AvgIpc) is 2.36. The zero-order valence-corrected chi connectivity index (χ0v) is 16.4. The van der Waals surface area contributed by atoms with Crippen molar-refractivity contribution in [2.45, 2.75) is 77.7 Å². The van der Waals surface area contributed by atoms with Crippen molar-refractivity contribution in [3.63, 3.8) is 0 Å². The minimum atomic E-state index is -0.114. The van der Waals surface area contributed by atoms with E-state index >= 15 is 0 Å². The van der Waals surface area contributed by atoms with Gasteiger partial charge in [0.25, 0.3) is 0 Å². The molecular weight excluding hydrogens is 308 g/mol. The third kappa shape index (κ3) is 5.98. The molecule has 0 heterocycles. The van der Waals surface area contributed by atoms with Gasteiger partial charge >= 0.3 is 0 Å². The van der Waals surface area contributed by atoms with E-state index in [2.05, 4.69) is 53.7 Å². The van der Waals surface area contributed by atoms with Crippen LogP contribution in [0.5, 0.6) is 5.75 Å². The van der Waals surface area contributed by atoms with Gasteiger partial charge < -0.3 is 16.6 Å². The van der Waals surface area contributed by atoms with Gasteiger partial charge in [-0.25, -0.2) is 0 Å². The first-order valence-corrected chi connectivity index (χ1v) is 8.32. The molecule has 0 bridgehead atoms. The molecule has 134 valence electrons. The van der Waals surface area contributed by atoms with Gasteiger partial charge in [0, 0.05) is 6.04 Å². The van der Waals surface area contributed by atoms with E-state index in [-0.39, 0.29) is 29.3 Å². The maximum absolute atomic E-state index is 10.7. The highest BCUT2D eigenvalue weighted by atomic mass is 35.5. The number of phenolic OH excluding ortho intramolecular Hbond substituents is 1. The smallest absolute Gasteiger partial charge is 0.123 e. The standard InChI is InChI=1S/C19H34N2O.ClH/c1-18(2,3)14-11-13(16(21)9-7-8-10-20)12-15(17(14)22)19(4,5)6;/h11-12,16,22H,7-10,20-21H2,1-6H3;1H/t16-;/m0./s1. The number of halogens is 1. The SMILES string of the molecule is CC(C)(C)c1cc([C@@H](N)CCCCN)cc(C(C)(C)C)c1O.Cl. The summed E-state index contributed by atoms with van der Waals surface area (Å²) >= 11 is 0. The molecule has 0 aliphatic carbocycles. The van der Waals surface area contributed by atoms with Gasteiger partial charge in [0.1, 0.15) is 5.75 Å². The molecule has 0 saturated carbocycles. The van der Waals surface area contributed by atoms with Crippen LogP contribution in [0.4, 0.5) is 0 Å². The molecular formula is C19H35ClN2O. The molecule has 0 radical (unpaired) electrons. The van der Waals surface area contributed by atoms with Gasteiger partial charge in [-0.15, -0.1) is 12.4 Å². The van der Waals surface area contributed by atoms with Gasteiger partial charge in [0.2, 0.25) is 0 Å². The van der Waals surface area contributed by atoms with Crippen LogP contribution in [0.1, 0.15) is 83.5 Å². The van der Waals surface area contributed by atoms with Gasteiger partial charge in [-0.1, -0.05) is 60.1 Å². The van der Waals surface area contributed by atoms with Gasteiger partial charge in [-0.3, -0.25) is 0 Å². The number of nitrogens with two attached hydrogens (primary N) is 2. The topological polar surface area (TPSA) is 72.3 Å². The fraction of sp³-hybridized carbons (Fsp3) is 0.684. The van der Waals surface area contributed by atoms with Crippen LogP contribution in [-0.4, -0.2) is 11.7 Å². The summed E-state index contributed by atoms with van der Waals surface area (Å²) in [5.74, 6) is 0.415. The summed E-state index contributed by atoms with van der Waals surface area (Å²) in [6, 6.07) is 4.16. The van der Waals surface area contributed by atoms with Crippen molar-refractivity contribution in [2.24, 2.45) is 11.5 Å². The third-order valence-corrected chi connectivity index (χ3v) is 4.15. The van der Waals surface area contributed by atoms with Crippen LogP contribution in [0.2, 0.25) is 0 Å². The largest absolute Gasteiger partial charge is 0.507 e. The summed E-state index contributed by atoms with van der Waals surface area (Å²) in [5.41, 5.74) is 14.8. The first-order valence-electron chi connectivity index (χ1n) is 8.32. The van der Waals surface area contributed by atoms with Crippen molar-refractivity contribution in [1.82, 2.24) is 0 Å². The number of aromatic hydroxyl groups is 1. The van der Waals surface area contributed by atoms with Crippen LogP contribution in [0, 0.1) is 0 Å². The Morgan fingerprint density at radius 2 is 1.39 bits per heavy atom. The minimum Gasteiger partial charge on any atom is -0.507 e. The predicted octanol–water partition coefficient (Wildman–Crippen LogP) is 4.54. The second kappa shape index (κ2) is 8.36. The lowest BCUT2D eigenvalue weighted by atomic mass is 9.77. The number of benzene rings is 1. The van der Waals surface area contributed by atoms with Gasteiger partial charge in [0.05, 0.1) is 0 Å². The van der Waals surface area contributed by atoms with E-state index < -0.39 is 0 Å². The molecule has 0 amide bonds. The Hall–Kier alpha value is -0.770. The minimum absolute atomic E-state index is 0. The monoisotopic (exact) mass is 342 g/mol. The van der Waals surface area contributed by atoms with E-state index in [1.54, 1.807) is 0 Å². The molecule has 0 fully saturated rings. The first kappa shape index (κ1) is 22.2. The van der Waals surface area contributed by atoms with E-state index in [4.69, 9.17) is 11.5 Å². The highest BCUT2D eigenvalue weighted by Crippen LogP contribution is 2.41. The van der Waals surface area contributed by atoms with Crippen LogP contribution in [0.3, 0.4) is 0 Å². The van der Waals surface area contributed by atoms with E-state index in [0.717, 1.165) is 36.0 Å². The number of hydrogen-bond donors (Lipinski definition) is 3. The Kier molecular flexibility index (Phi) is 8.08. The zero-order valence-electron chi connectivity index (χ0n) is 15.6. The molecule has 0 aromatic heterocycles. The molecule has 5 N–H and O–H groups in total. The summed E-state index contributed by atoms with van der Waals surface area (Å²) in [6.45, 7) is 13.5. The predicted molar refractivity (Wildman–Crippen MR) is 103 cm³/mol. The highest BCUT2D eigenvalue weighted by Gasteiger charge is 2.27. The maximum Gasteiger partial charge on any atom is 0.123 e. The quantitative estimate of drug-likeness (QED) is 0.688. The summed E-state index contributed by atoms with van der Waals surface area (Å²) in [5, 5.41) is 10.7. The van der Waals surface area contributed by atoms with Crippen LogP contribution < -0.4 is 11.5 Å². The fourth-order valence-electron chi connectivity index (χ4n) is 2.69. The second-order valence-electron chi connectivity index (χ2n) is 8.36. The fourth-order valence-corrected chi connectivity index (χ4v) is 2.69. The zero-order chi connectivity index (χ0) is 17.1. The Morgan fingerprint density at radius 3 is 1.74 bits per heavy atom. The molecule has 4 heteroatoms. The van der Waals surface area contributed by atoms with E-state index in [1.807, 2.05) is 0 Å². The maximum atomic E-state index is 10.7. The Bertz CT molecular complexity index is 466. The third-order valence-electron chi connectivity index (χ3n) is 4.15. The molecule has 1 aromatic carbocycles. The highest BCUT2D eigenvalue weighted by molar-refractivity contribution is 5.85. The number of hydrogen-bond acceptors (Lipinski definition) is 3. The molecule has 0 unspecified atom stereocenters. The summed E-state index contributed by atoms with van der Waals surface area (Å²) in [6.07, 6.45) is 2.97. The molecule has 0 aliphatic heterocycles. The molecule has 0 spiro atoms. The van der Waals surface area contributed by atoms with Crippen molar-refractivity contribution >= 4 is 12.4 Å². The molecule has 3 nitrogen and oxygen atoms in total. The first-order chi connectivity index (χ1) is 9.98. The summed E-state index contributed by atoms with van der Waals surface area (Å²) < 4.78 is 0. The summed E-state index contributed by atoms with van der Waals surface area (Å²) in [4.78, 5) is 0.